The van der Waals surface area contributed by atoms with Gasteiger partial charge in [-0.3, -0.25) is 19.3 Å². The van der Waals surface area contributed by atoms with Gasteiger partial charge in [-0.2, -0.15) is 0 Å². The second-order valence-electron chi connectivity index (χ2n) is 11.3. The first-order valence-electron chi connectivity index (χ1n) is 13.1. The van der Waals surface area contributed by atoms with Crippen LogP contribution in [0.15, 0.2) is 47.2 Å². The number of Topliss-reactive ketones (excluding diaryl/α,β-unsaturated/α-hetero) is 2. The lowest BCUT2D eigenvalue weighted by atomic mass is 9.57. The number of carbonyl (C=O) groups is 3. The van der Waals surface area contributed by atoms with E-state index in [2.05, 4.69) is 12.1 Å². The Morgan fingerprint density at radius 2 is 1.77 bits per heavy atom. The van der Waals surface area contributed by atoms with Gasteiger partial charge in [0.15, 0.2) is 11.4 Å². The number of aromatic hydroxyl groups is 1. The van der Waals surface area contributed by atoms with E-state index in [-0.39, 0.29) is 29.7 Å². The van der Waals surface area contributed by atoms with E-state index in [1.54, 1.807) is 20.2 Å². The van der Waals surface area contributed by atoms with E-state index in [0.29, 0.717) is 5.56 Å². The first kappa shape index (κ1) is 25.3. The highest BCUT2D eigenvalue weighted by molar-refractivity contribution is 6.24. The number of aliphatic hydroxyl groups excluding tert-OH is 2. The highest BCUT2D eigenvalue weighted by Crippen LogP contribution is 2.53. The number of primary amides is 1. The van der Waals surface area contributed by atoms with Crippen LogP contribution in [0, 0.1) is 11.8 Å². The monoisotopic (exact) mass is 530 g/mol. The summed E-state index contributed by atoms with van der Waals surface area (Å²) >= 11 is 0. The van der Waals surface area contributed by atoms with Crippen molar-refractivity contribution >= 4 is 23.2 Å². The van der Waals surface area contributed by atoms with Gasteiger partial charge in [0.2, 0.25) is 5.78 Å². The molecule has 6 N–H and O–H groups in total. The molecule has 9 nitrogen and oxygen atoms in total. The van der Waals surface area contributed by atoms with E-state index < -0.39 is 58.0 Å². The molecule has 0 saturated heterocycles. The van der Waals surface area contributed by atoms with Crippen LogP contribution >= 0.6 is 0 Å². The summed E-state index contributed by atoms with van der Waals surface area (Å²) < 4.78 is 0. The van der Waals surface area contributed by atoms with E-state index >= 15 is 0 Å². The number of nitrogens with zero attached hydrogens (tertiary/aromatic N) is 1. The molecule has 2 aromatic rings. The van der Waals surface area contributed by atoms with E-state index in [0.717, 1.165) is 30.4 Å². The van der Waals surface area contributed by atoms with Crippen LogP contribution in [-0.4, -0.2) is 68.5 Å². The third-order valence-corrected chi connectivity index (χ3v) is 9.01. The van der Waals surface area contributed by atoms with Crippen molar-refractivity contribution in [1.82, 2.24) is 4.90 Å². The first-order chi connectivity index (χ1) is 18.5. The highest BCUT2D eigenvalue weighted by atomic mass is 16.3. The molecule has 0 heterocycles. The minimum Gasteiger partial charge on any atom is -0.508 e. The van der Waals surface area contributed by atoms with Crippen LogP contribution in [0.1, 0.15) is 35.1 Å². The number of phenols is 1. The number of nitrogens with two attached hydrogens (primary N) is 1. The van der Waals surface area contributed by atoms with Gasteiger partial charge in [-0.15, -0.1) is 0 Å². The molecule has 1 fully saturated rings. The Morgan fingerprint density at radius 3 is 2.46 bits per heavy atom. The van der Waals surface area contributed by atoms with E-state index in [1.807, 2.05) is 6.07 Å². The quantitative estimate of drug-likeness (QED) is 0.377. The molecular formula is C30H30N2O7. The van der Waals surface area contributed by atoms with Gasteiger partial charge < -0.3 is 26.2 Å². The number of hydrogen-bond acceptors (Lipinski definition) is 8. The Bertz CT molecular complexity index is 1550. The summed E-state index contributed by atoms with van der Waals surface area (Å²) in [6.45, 7) is 0. The molecule has 6 rings (SSSR count). The van der Waals surface area contributed by atoms with E-state index in [1.165, 1.54) is 22.1 Å². The first-order valence-corrected chi connectivity index (χ1v) is 13.1. The van der Waals surface area contributed by atoms with Crippen molar-refractivity contribution in [3.63, 3.8) is 0 Å². The predicted molar refractivity (Wildman–Crippen MR) is 142 cm³/mol. The number of carbonyl (C=O) groups excluding carboxylic acids is 3. The van der Waals surface area contributed by atoms with Crippen molar-refractivity contribution in [2.75, 3.05) is 14.1 Å². The van der Waals surface area contributed by atoms with E-state index in [4.69, 9.17) is 5.73 Å². The molecule has 9 heteroatoms. The van der Waals surface area contributed by atoms with Crippen LogP contribution in [0.25, 0.3) is 16.9 Å². The van der Waals surface area contributed by atoms with Gasteiger partial charge in [0.25, 0.3) is 5.91 Å². The van der Waals surface area contributed by atoms with Crippen LogP contribution in [-0.2, 0) is 33.6 Å². The molecular weight excluding hydrogens is 500 g/mol. The average molecular weight is 531 g/mol. The lowest BCUT2D eigenvalue weighted by Crippen LogP contribution is -2.65. The molecule has 4 aliphatic rings. The van der Waals surface area contributed by atoms with Crippen molar-refractivity contribution < 1.29 is 34.8 Å². The van der Waals surface area contributed by atoms with Gasteiger partial charge in [-0.1, -0.05) is 24.3 Å². The van der Waals surface area contributed by atoms with Gasteiger partial charge in [-0.05, 0) is 86.0 Å². The van der Waals surface area contributed by atoms with Gasteiger partial charge in [0.05, 0.1) is 11.6 Å². The Balaban J connectivity index is 1.54. The Hall–Kier alpha value is -3.95. The van der Waals surface area contributed by atoms with Gasteiger partial charge in [0, 0.05) is 11.5 Å². The lowest BCUT2D eigenvalue weighted by Gasteiger charge is -2.50. The maximum absolute atomic E-state index is 14.0. The number of fused-ring (bicyclic) bond motifs is 4. The largest absolute Gasteiger partial charge is 0.508 e. The number of phenolic OH excluding ortho intramolecular Hbond substituents is 1. The SMILES string of the molecule is CN(C)[C@@H]1C(=O)C(C(N)=O)=C(O)[C@@]2(O)C(=O)C3=C(O)c4c(O)ccc(-c5ccc6c(c5)CCC6)c4C[C@H]3C[C@@H]12. The molecule has 0 spiro atoms. The second kappa shape index (κ2) is 8.53. The number of likely N-dealkylation sites (N-methyl/N-ethyl adjacent to an activating group) is 1. The van der Waals surface area contributed by atoms with Crippen molar-refractivity contribution in [1.29, 1.82) is 0 Å². The molecule has 0 unspecified atom stereocenters. The van der Waals surface area contributed by atoms with E-state index in [9.17, 15) is 34.8 Å². The summed E-state index contributed by atoms with van der Waals surface area (Å²) in [5.74, 6) is -6.53. The Labute approximate surface area is 224 Å². The van der Waals surface area contributed by atoms with Crippen molar-refractivity contribution in [2.45, 2.75) is 43.7 Å². The number of ketones is 2. The molecule has 0 aliphatic heterocycles. The molecule has 39 heavy (non-hydrogen) atoms. The standard InChI is InChI=1S/C30H30N2O7/c1-32(2)24-19-12-16-11-18-17(15-7-6-13-4-3-5-14(13)10-15)8-9-20(33)22(18)25(34)21(16)27(36)30(19,39)28(37)23(26(24)35)29(31)38/h6-10,16,19,24,33-34,37,39H,3-5,11-12H2,1-2H3,(H2,31,38)/t16-,19-,24-,30-/m0/s1. The molecule has 4 aliphatic carbocycles. The summed E-state index contributed by atoms with van der Waals surface area (Å²) in [6.07, 6.45) is 3.44. The van der Waals surface area contributed by atoms with Crippen molar-refractivity contribution in [2.24, 2.45) is 17.6 Å². The summed E-state index contributed by atoms with van der Waals surface area (Å²) in [5.41, 5.74) is 6.87. The second-order valence-corrected chi connectivity index (χ2v) is 11.3. The average Bonchev–Trinajstić information content (AvgIpc) is 3.34. The zero-order valence-corrected chi connectivity index (χ0v) is 21.7. The number of benzene rings is 2. The molecule has 2 aromatic carbocycles. The van der Waals surface area contributed by atoms with Crippen LogP contribution in [0.2, 0.25) is 0 Å². The number of aliphatic hydroxyl groups is 3. The number of hydrogen-bond donors (Lipinski definition) is 5. The Kier molecular flexibility index (Phi) is 5.54. The van der Waals surface area contributed by atoms with Crippen LogP contribution in [0.5, 0.6) is 5.75 Å². The fourth-order valence-electron chi connectivity index (χ4n) is 7.25. The van der Waals surface area contributed by atoms with Gasteiger partial charge >= 0.3 is 0 Å². The molecule has 0 radical (unpaired) electrons. The van der Waals surface area contributed by atoms with Crippen molar-refractivity contribution in [3.05, 3.63) is 69.5 Å². The number of aryl methyl sites for hydroxylation is 2. The summed E-state index contributed by atoms with van der Waals surface area (Å²) in [6, 6.07) is 8.41. The number of rotatable bonds is 3. The molecule has 0 bridgehead atoms. The molecule has 4 atom stereocenters. The molecule has 1 amide bonds. The van der Waals surface area contributed by atoms with Gasteiger partial charge in [-0.25, -0.2) is 0 Å². The molecule has 0 aromatic heterocycles. The third-order valence-electron chi connectivity index (χ3n) is 9.01. The Morgan fingerprint density at radius 1 is 1.05 bits per heavy atom. The zero-order chi connectivity index (χ0) is 28.0. The smallest absolute Gasteiger partial charge is 0.255 e. The maximum atomic E-state index is 14.0. The van der Waals surface area contributed by atoms with Crippen molar-refractivity contribution in [3.8, 4) is 16.9 Å². The minimum atomic E-state index is -2.64. The highest BCUT2D eigenvalue weighted by Gasteiger charge is 2.64. The summed E-state index contributed by atoms with van der Waals surface area (Å²) in [5, 5.41) is 44.9. The molecule has 1 saturated carbocycles. The molecule has 202 valence electrons. The van der Waals surface area contributed by atoms with Crippen LogP contribution in [0.4, 0.5) is 0 Å². The summed E-state index contributed by atoms with van der Waals surface area (Å²) in [4.78, 5) is 40.8. The lowest BCUT2D eigenvalue weighted by molar-refractivity contribution is -0.153. The third kappa shape index (κ3) is 3.36. The summed E-state index contributed by atoms with van der Waals surface area (Å²) in [7, 11) is 3.16. The number of amides is 1. The van der Waals surface area contributed by atoms with Crippen LogP contribution in [0.3, 0.4) is 0 Å². The maximum Gasteiger partial charge on any atom is 0.255 e. The topological polar surface area (TPSA) is 161 Å². The fraction of sp³-hybridized carbons (Fsp3) is 0.367. The van der Waals surface area contributed by atoms with Gasteiger partial charge in [0.1, 0.15) is 22.8 Å². The minimum absolute atomic E-state index is 0.0606. The van der Waals surface area contributed by atoms with Crippen LogP contribution < -0.4 is 5.73 Å². The predicted octanol–water partition coefficient (Wildman–Crippen LogP) is 2.12. The zero-order valence-electron chi connectivity index (χ0n) is 21.7. The fourth-order valence-corrected chi connectivity index (χ4v) is 7.25. The normalized spacial score (nSPS) is 27.8.